The van der Waals surface area contributed by atoms with Crippen molar-refractivity contribution in [2.45, 2.75) is 132 Å². The Balaban J connectivity index is 0.00000117. The molecule has 0 heterocycles. The summed E-state index contributed by atoms with van der Waals surface area (Å²) in [5.74, 6) is 7.15. The third-order valence-electron chi connectivity index (χ3n) is 10.8. The quantitative estimate of drug-likeness (QED) is 0.429. The van der Waals surface area contributed by atoms with E-state index in [1.165, 1.54) is 32.1 Å². The maximum Gasteiger partial charge on any atom is -0.0264 e. The van der Waals surface area contributed by atoms with Gasteiger partial charge >= 0.3 is 0 Å². The van der Waals surface area contributed by atoms with Crippen LogP contribution in [0.5, 0.6) is 0 Å². The number of fused-ring (bicyclic) bond motifs is 5. The van der Waals surface area contributed by atoms with Crippen LogP contribution in [0, 0.1) is 52.3 Å². The van der Waals surface area contributed by atoms with E-state index in [2.05, 4.69) is 34.6 Å². The summed E-state index contributed by atoms with van der Waals surface area (Å²) in [7, 11) is 0. The summed E-state index contributed by atoms with van der Waals surface area (Å²) >= 11 is 0. The predicted octanol–water partition coefficient (Wildman–Crippen LogP) is 9.52. The topological polar surface area (TPSA) is 0 Å². The minimum atomic E-state index is 0.677. The van der Waals surface area contributed by atoms with Crippen molar-refractivity contribution in [3.05, 3.63) is 0 Å². The monoisotopic (exact) mass is 402 g/mol. The molecule has 0 amide bonds. The van der Waals surface area contributed by atoms with E-state index in [4.69, 9.17) is 0 Å². The van der Waals surface area contributed by atoms with Crippen molar-refractivity contribution in [2.75, 3.05) is 0 Å². The van der Waals surface area contributed by atoms with Crippen LogP contribution in [0.1, 0.15) is 132 Å². The molecule has 4 saturated carbocycles. The van der Waals surface area contributed by atoms with E-state index in [9.17, 15) is 0 Å². The first-order chi connectivity index (χ1) is 13.9. The maximum absolute atomic E-state index is 2.75. The van der Waals surface area contributed by atoms with Gasteiger partial charge in [-0.25, -0.2) is 0 Å². The molecule has 4 fully saturated rings. The van der Waals surface area contributed by atoms with E-state index < -0.39 is 0 Å². The van der Waals surface area contributed by atoms with Crippen molar-refractivity contribution in [3.63, 3.8) is 0 Å². The average Bonchev–Trinajstić information content (AvgIpc) is 3.06. The normalized spacial score (nSPS) is 44.9. The number of rotatable bonds is 5. The first kappa shape index (κ1) is 23.7. The molecule has 0 aromatic rings. The highest BCUT2D eigenvalue weighted by atomic mass is 14.6. The van der Waals surface area contributed by atoms with Crippen molar-refractivity contribution >= 4 is 0 Å². The summed E-state index contributed by atoms with van der Waals surface area (Å²) < 4.78 is 0. The van der Waals surface area contributed by atoms with Gasteiger partial charge in [0, 0.05) is 0 Å². The van der Waals surface area contributed by atoms with Crippen LogP contribution in [0.15, 0.2) is 0 Å². The molecule has 0 bridgehead atoms. The Morgan fingerprint density at radius 2 is 1.45 bits per heavy atom. The molecule has 4 aliphatic carbocycles. The minimum absolute atomic E-state index is 0.677. The van der Waals surface area contributed by atoms with Crippen LogP contribution in [0.25, 0.3) is 0 Å². The fraction of sp³-hybridized carbons (Fsp3) is 1.00. The molecule has 0 aromatic heterocycles. The van der Waals surface area contributed by atoms with Crippen LogP contribution in [-0.2, 0) is 0 Å². The van der Waals surface area contributed by atoms with Gasteiger partial charge in [0.15, 0.2) is 0 Å². The average molecular weight is 403 g/mol. The molecule has 0 aliphatic heterocycles. The highest BCUT2D eigenvalue weighted by Crippen LogP contribution is 2.68. The van der Waals surface area contributed by atoms with Gasteiger partial charge in [-0.05, 0) is 104 Å². The Labute approximate surface area is 184 Å². The van der Waals surface area contributed by atoms with Crippen LogP contribution in [0.2, 0.25) is 0 Å². The van der Waals surface area contributed by atoms with Crippen molar-refractivity contribution < 1.29 is 0 Å². The van der Waals surface area contributed by atoms with Gasteiger partial charge in [0.05, 0.1) is 0 Å². The fourth-order valence-corrected chi connectivity index (χ4v) is 9.32. The Kier molecular flexibility index (Phi) is 7.87. The van der Waals surface area contributed by atoms with Gasteiger partial charge < -0.3 is 0 Å². The van der Waals surface area contributed by atoms with Crippen LogP contribution in [-0.4, -0.2) is 0 Å². The zero-order valence-electron chi connectivity index (χ0n) is 21.2. The SMILES string of the molecule is CC.CC(C)CCC[C@@H](C)C1CCC2C3CCC4CCCCC4(C)C3CCC21C. The zero-order valence-corrected chi connectivity index (χ0v) is 21.2. The molecule has 0 radical (unpaired) electrons. The van der Waals surface area contributed by atoms with E-state index >= 15 is 0 Å². The fourth-order valence-electron chi connectivity index (χ4n) is 9.32. The van der Waals surface area contributed by atoms with E-state index in [1.54, 1.807) is 51.4 Å². The van der Waals surface area contributed by atoms with Crippen LogP contribution >= 0.6 is 0 Å². The first-order valence-corrected chi connectivity index (χ1v) is 13.9. The lowest BCUT2D eigenvalue weighted by molar-refractivity contribution is -0.114. The molecule has 7 unspecified atom stereocenters. The Bertz CT molecular complexity index is 506. The summed E-state index contributed by atoms with van der Waals surface area (Å²) in [6.45, 7) is 16.9. The molecule has 8 atom stereocenters. The molecule has 0 aromatic carbocycles. The van der Waals surface area contributed by atoms with Gasteiger partial charge in [0.25, 0.3) is 0 Å². The Morgan fingerprint density at radius 3 is 2.17 bits per heavy atom. The number of hydrogen-bond acceptors (Lipinski definition) is 0. The van der Waals surface area contributed by atoms with E-state index in [0.717, 1.165) is 41.4 Å². The summed E-state index contributed by atoms with van der Waals surface area (Å²) in [5.41, 5.74) is 1.39. The minimum Gasteiger partial charge on any atom is -0.0683 e. The van der Waals surface area contributed by atoms with E-state index in [-0.39, 0.29) is 0 Å². The maximum atomic E-state index is 2.75. The van der Waals surface area contributed by atoms with Gasteiger partial charge in [0.1, 0.15) is 0 Å². The largest absolute Gasteiger partial charge is 0.0683 e. The third kappa shape index (κ3) is 4.35. The van der Waals surface area contributed by atoms with Gasteiger partial charge in [-0.15, -0.1) is 0 Å². The van der Waals surface area contributed by atoms with E-state index in [1.807, 2.05) is 13.8 Å². The first-order valence-electron chi connectivity index (χ1n) is 13.9. The van der Waals surface area contributed by atoms with Crippen molar-refractivity contribution in [3.8, 4) is 0 Å². The summed E-state index contributed by atoms with van der Waals surface area (Å²) in [6.07, 6.45) is 19.9. The highest BCUT2D eigenvalue weighted by molar-refractivity contribution is 5.09. The second-order valence-electron chi connectivity index (χ2n) is 12.4. The molecule has 4 rings (SSSR count). The van der Waals surface area contributed by atoms with Gasteiger partial charge in [-0.2, -0.15) is 0 Å². The van der Waals surface area contributed by atoms with Crippen LogP contribution < -0.4 is 0 Å². The summed E-state index contributed by atoms with van der Waals surface area (Å²) in [6, 6.07) is 0. The van der Waals surface area contributed by atoms with Crippen molar-refractivity contribution in [1.29, 1.82) is 0 Å². The molecule has 4 aliphatic rings. The second kappa shape index (κ2) is 9.65. The smallest absolute Gasteiger partial charge is 0.0264 e. The zero-order chi connectivity index (χ0) is 21.2. The van der Waals surface area contributed by atoms with Crippen molar-refractivity contribution in [2.24, 2.45) is 52.3 Å². The van der Waals surface area contributed by atoms with Crippen LogP contribution in [0.4, 0.5) is 0 Å². The Morgan fingerprint density at radius 1 is 0.724 bits per heavy atom. The lowest BCUT2D eigenvalue weighted by Gasteiger charge is -2.61. The predicted molar refractivity (Wildman–Crippen MR) is 129 cm³/mol. The van der Waals surface area contributed by atoms with Gasteiger partial charge in [-0.1, -0.05) is 80.6 Å². The molecule has 0 nitrogen and oxygen atoms in total. The third-order valence-corrected chi connectivity index (χ3v) is 10.8. The number of hydrogen-bond donors (Lipinski definition) is 0. The van der Waals surface area contributed by atoms with Gasteiger partial charge in [-0.3, -0.25) is 0 Å². The molecule has 0 spiro atoms. The standard InChI is InChI=1S/C27H48.C2H6/c1-19(2)9-8-10-20(3)23-14-15-24-22-13-12-21-11-6-7-17-26(21,4)25(22)16-18-27(23,24)5;1-2/h19-25H,6-18H2,1-5H3;1-2H3/t20-,21?,22?,23?,24?,25?,26?,27?;/m1./s1. The molecule has 170 valence electrons. The summed E-state index contributed by atoms with van der Waals surface area (Å²) in [4.78, 5) is 0. The highest BCUT2D eigenvalue weighted by Gasteiger charge is 2.59. The molecule has 0 saturated heterocycles. The summed E-state index contributed by atoms with van der Waals surface area (Å²) in [5, 5.41) is 0. The molecular formula is C29H54. The van der Waals surface area contributed by atoms with Gasteiger partial charge in [0.2, 0.25) is 0 Å². The van der Waals surface area contributed by atoms with Crippen molar-refractivity contribution in [1.82, 2.24) is 0 Å². The molecule has 29 heavy (non-hydrogen) atoms. The Hall–Kier alpha value is 0. The van der Waals surface area contributed by atoms with Crippen LogP contribution in [0.3, 0.4) is 0 Å². The molecule has 0 N–H and O–H groups in total. The molecular weight excluding hydrogens is 348 g/mol. The van der Waals surface area contributed by atoms with E-state index in [0.29, 0.717) is 10.8 Å². The lowest BCUT2D eigenvalue weighted by Crippen LogP contribution is -2.53. The second-order valence-corrected chi connectivity index (χ2v) is 12.4. The molecule has 0 heteroatoms. The lowest BCUT2D eigenvalue weighted by atomic mass is 9.44.